The second-order valence-corrected chi connectivity index (χ2v) is 6.77. The molecule has 0 bridgehead atoms. The Kier molecular flexibility index (Phi) is 3.76. The molecule has 104 valence electrons. The van der Waals surface area contributed by atoms with Gasteiger partial charge in [-0.2, -0.15) is 0 Å². The zero-order valence-electron chi connectivity index (χ0n) is 11.1. The van der Waals surface area contributed by atoms with Gasteiger partial charge < -0.3 is 4.90 Å². The number of nitrogens with zero attached hydrogens (tertiary/aromatic N) is 2. The summed E-state index contributed by atoms with van der Waals surface area (Å²) >= 11 is 2.98. The van der Waals surface area contributed by atoms with Crippen LogP contribution in [0.5, 0.6) is 0 Å². The lowest BCUT2D eigenvalue weighted by molar-refractivity contribution is -0.122. The average Bonchev–Trinajstić information content (AvgIpc) is 2.98. The van der Waals surface area contributed by atoms with E-state index in [0.717, 1.165) is 22.9 Å². The standard InChI is InChI=1S/C14H15N3OS2/c1-16-7-8-19-13(16)11-12(18)17(14(15)20-11)9-10-5-3-2-4-6-10/h2-6,15H,7-9H2,1H3/b13-11+,15-14?. The van der Waals surface area contributed by atoms with Crippen molar-refractivity contribution in [2.24, 2.45) is 0 Å². The molecule has 2 aliphatic rings. The van der Waals surface area contributed by atoms with Crippen LogP contribution in [0.15, 0.2) is 40.3 Å². The molecule has 4 nitrogen and oxygen atoms in total. The highest BCUT2D eigenvalue weighted by Gasteiger charge is 2.36. The monoisotopic (exact) mass is 305 g/mol. The summed E-state index contributed by atoms with van der Waals surface area (Å²) < 4.78 is 0. The zero-order valence-corrected chi connectivity index (χ0v) is 12.8. The van der Waals surface area contributed by atoms with Crippen molar-refractivity contribution >= 4 is 34.6 Å². The Bertz CT molecular complexity index is 585. The fourth-order valence-electron chi connectivity index (χ4n) is 2.18. The Labute approximate surface area is 126 Å². The lowest BCUT2D eigenvalue weighted by Crippen LogP contribution is -2.28. The first kappa shape index (κ1) is 13.6. The van der Waals surface area contributed by atoms with E-state index >= 15 is 0 Å². The van der Waals surface area contributed by atoms with Gasteiger partial charge >= 0.3 is 0 Å². The molecule has 1 aromatic rings. The summed E-state index contributed by atoms with van der Waals surface area (Å²) in [5.74, 6) is 0.968. The van der Waals surface area contributed by atoms with Gasteiger partial charge in [0.1, 0.15) is 4.91 Å². The van der Waals surface area contributed by atoms with Gasteiger partial charge in [-0.25, -0.2) is 0 Å². The molecule has 1 amide bonds. The quantitative estimate of drug-likeness (QED) is 0.853. The topological polar surface area (TPSA) is 47.4 Å². The normalized spacial score (nSPS) is 23.1. The van der Waals surface area contributed by atoms with E-state index in [-0.39, 0.29) is 5.91 Å². The van der Waals surface area contributed by atoms with Crippen molar-refractivity contribution in [2.75, 3.05) is 19.3 Å². The SMILES string of the molecule is CN1CCS/C1=C1/SC(=N)N(Cc2ccccc2)C1=O. The predicted octanol–water partition coefficient (Wildman–Crippen LogP) is 2.54. The molecule has 1 N–H and O–H groups in total. The molecular formula is C14H15N3OS2. The Morgan fingerprint density at radius 3 is 2.70 bits per heavy atom. The molecule has 0 atom stereocenters. The van der Waals surface area contributed by atoms with E-state index in [0.29, 0.717) is 16.6 Å². The van der Waals surface area contributed by atoms with Crippen molar-refractivity contribution in [1.29, 1.82) is 5.41 Å². The van der Waals surface area contributed by atoms with Crippen LogP contribution < -0.4 is 0 Å². The highest BCUT2D eigenvalue weighted by Crippen LogP contribution is 2.40. The number of thioether (sulfide) groups is 2. The van der Waals surface area contributed by atoms with Gasteiger partial charge in [-0.05, 0) is 17.3 Å². The summed E-state index contributed by atoms with van der Waals surface area (Å²) in [5, 5.41) is 9.39. The second-order valence-electron chi connectivity index (χ2n) is 4.69. The Hall–Kier alpha value is -1.40. The number of benzene rings is 1. The van der Waals surface area contributed by atoms with Crippen LogP contribution in [0, 0.1) is 5.41 Å². The van der Waals surface area contributed by atoms with Crippen molar-refractivity contribution in [2.45, 2.75) is 6.54 Å². The first-order valence-electron chi connectivity index (χ1n) is 6.37. The maximum atomic E-state index is 12.5. The van der Waals surface area contributed by atoms with Gasteiger partial charge in [0.25, 0.3) is 5.91 Å². The van der Waals surface area contributed by atoms with Crippen LogP contribution in [0.1, 0.15) is 5.56 Å². The van der Waals surface area contributed by atoms with Gasteiger partial charge in [-0.3, -0.25) is 15.1 Å². The van der Waals surface area contributed by atoms with Crippen LogP contribution >= 0.6 is 23.5 Å². The number of hydrogen-bond donors (Lipinski definition) is 1. The van der Waals surface area contributed by atoms with Gasteiger partial charge in [0.05, 0.1) is 11.6 Å². The van der Waals surface area contributed by atoms with Crippen LogP contribution in [0.2, 0.25) is 0 Å². The van der Waals surface area contributed by atoms with E-state index in [9.17, 15) is 4.79 Å². The molecule has 0 aliphatic carbocycles. The Morgan fingerprint density at radius 1 is 1.30 bits per heavy atom. The van der Waals surface area contributed by atoms with E-state index in [1.807, 2.05) is 37.4 Å². The number of amides is 1. The van der Waals surface area contributed by atoms with Crippen LogP contribution in [-0.4, -0.2) is 40.2 Å². The van der Waals surface area contributed by atoms with Crippen LogP contribution in [0.25, 0.3) is 0 Å². The Balaban J connectivity index is 1.84. The van der Waals surface area contributed by atoms with Crippen LogP contribution in [0.3, 0.4) is 0 Å². The molecule has 1 aromatic carbocycles. The van der Waals surface area contributed by atoms with Gasteiger partial charge in [0.2, 0.25) is 0 Å². The maximum absolute atomic E-state index is 12.5. The molecule has 2 aliphatic heterocycles. The van der Waals surface area contributed by atoms with Crippen LogP contribution in [-0.2, 0) is 11.3 Å². The summed E-state index contributed by atoms with van der Waals surface area (Å²) in [6, 6.07) is 9.81. The summed E-state index contributed by atoms with van der Waals surface area (Å²) in [6.45, 7) is 1.43. The number of rotatable bonds is 2. The number of nitrogens with one attached hydrogen (secondary N) is 1. The molecule has 2 heterocycles. The third-order valence-electron chi connectivity index (χ3n) is 3.27. The molecule has 0 unspecified atom stereocenters. The minimum absolute atomic E-state index is 0.0416. The summed E-state index contributed by atoms with van der Waals surface area (Å²) in [7, 11) is 2.00. The highest BCUT2D eigenvalue weighted by molar-refractivity contribution is 8.19. The van der Waals surface area contributed by atoms with Crippen molar-refractivity contribution in [3.8, 4) is 0 Å². The van der Waals surface area contributed by atoms with E-state index < -0.39 is 0 Å². The molecule has 2 saturated heterocycles. The number of hydrogen-bond acceptors (Lipinski definition) is 5. The van der Waals surface area contributed by atoms with Crippen molar-refractivity contribution < 1.29 is 4.79 Å². The lowest BCUT2D eigenvalue weighted by Gasteiger charge is -2.15. The van der Waals surface area contributed by atoms with Crippen molar-refractivity contribution in [1.82, 2.24) is 9.80 Å². The van der Waals surface area contributed by atoms with Crippen molar-refractivity contribution in [3.05, 3.63) is 45.8 Å². The number of amidine groups is 1. The largest absolute Gasteiger partial charge is 0.368 e. The zero-order chi connectivity index (χ0) is 14.1. The van der Waals surface area contributed by atoms with E-state index in [2.05, 4.69) is 4.90 Å². The molecule has 0 radical (unpaired) electrons. The molecule has 2 fully saturated rings. The first-order chi connectivity index (χ1) is 9.66. The molecule has 6 heteroatoms. The third-order valence-corrected chi connectivity index (χ3v) is 5.56. The predicted molar refractivity (Wildman–Crippen MR) is 84.4 cm³/mol. The van der Waals surface area contributed by atoms with Gasteiger partial charge in [-0.15, -0.1) is 11.8 Å². The van der Waals surface area contributed by atoms with E-state index in [1.165, 1.54) is 11.8 Å². The van der Waals surface area contributed by atoms with Crippen molar-refractivity contribution in [3.63, 3.8) is 0 Å². The number of carbonyl (C=O) groups excluding carboxylic acids is 1. The summed E-state index contributed by atoms with van der Waals surface area (Å²) in [6.07, 6.45) is 0. The second kappa shape index (κ2) is 5.54. The number of carbonyl (C=O) groups is 1. The van der Waals surface area contributed by atoms with Crippen LogP contribution in [0.4, 0.5) is 0 Å². The van der Waals surface area contributed by atoms with Gasteiger partial charge in [0, 0.05) is 19.3 Å². The van der Waals surface area contributed by atoms with Gasteiger partial charge in [0.15, 0.2) is 5.17 Å². The fraction of sp³-hybridized carbons (Fsp3) is 0.286. The first-order valence-corrected chi connectivity index (χ1v) is 8.17. The molecule has 0 aromatic heterocycles. The highest BCUT2D eigenvalue weighted by atomic mass is 32.2. The lowest BCUT2D eigenvalue weighted by atomic mass is 10.2. The molecule has 20 heavy (non-hydrogen) atoms. The Morgan fingerprint density at radius 2 is 2.05 bits per heavy atom. The molecule has 0 saturated carbocycles. The molecule has 0 spiro atoms. The third kappa shape index (κ3) is 2.45. The minimum atomic E-state index is -0.0416. The maximum Gasteiger partial charge on any atom is 0.269 e. The van der Waals surface area contributed by atoms with E-state index in [4.69, 9.17) is 5.41 Å². The molecular weight excluding hydrogens is 290 g/mol. The fourth-order valence-corrected chi connectivity index (χ4v) is 4.47. The average molecular weight is 305 g/mol. The minimum Gasteiger partial charge on any atom is -0.368 e. The summed E-state index contributed by atoms with van der Waals surface area (Å²) in [5.41, 5.74) is 1.05. The molecule has 3 rings (SSSR count). The summed E-state index contributed by atoms with van der Waals surface area (Å²) in [4.78, 5) is 16.9. The smallest absolute Gasteiger partial charge is 0.269 e. The van der Waals surface area contributed by atoms with Gasteiger partial charge in [-0.1, -0.05) is 30.3 Å². The van der Waals surface area contributed by atoms with E-state index in [1.54, 1.807) is 16.7 Å².